The molecule has 0 bridgehead atoms. The van der Waals surface area contributed by atoms with Crippen molar-refractivity contribution in [2.45, 2.75) is 6.92 Å². The van der Waals surface area contributed by atoms with Crippen molar-refractivity contribution in [3.8, 4) is 17.1 Å². The highest BCUT2D eigenvalue weighted by atomic mass is 16.5. The molecular weight excluding hydrogens is 342 g/mol. The van der Waals surface area contributed by atoms with Crippen molar-refractivity contribution in [2.24, 2.45) is 4.99 Å². The van der Waals surface area contributed by atoms with Crippen LogP contribution in [0.3, 0.4) is 0 Å². The molecule has 3 aromatic rings. The maximum atomic E-state index is 11.7. The molecule has 0 saturated heterocycles. The van der Waals surface area contributed by atoms with Crippen molar-refractivity contribution < 1.29 is 4.74 Å². The fourth-order valence-electron chi connectivity index (χ4n) is 3.03. The number of hydrogen-bond donors (Lipinski definition) is 3. The lowest BCUT2D eigenvalue weighted by Crippen LogP contribution is -2.36. The number of fused-ring (bicyclic) bond motifs is 1. The van der Waals surface area contributed by atoms with Gasteiger partial charge in [0, 0.05) is 23.9 Å². The van der Waals surface area contributed by atoms with Crippen LogP contribution in [0.15, 0.2) is 52.3 Å². The fraction of sp³-hybridized carbons (Fsp3) is 0.250. The van der Waals surface area contributed by atoms with Crippen molar-refractivity contribution in [1.82, 2.24) is 20.6 Å². The van der Waals surface area contributed by atoms with E-state index in [-0.39, 0.29) is 5.56 Å². The number of nitrogens with zero attached hydrogens (tertiary/aromatic N) is 2. The Kier molecular flexibility index (Phi) is 4.74. The van der Waals surface area contributed by atoms with Crippen molar-refractivity contribution in [2.75, 3.05) is 26.2 Å². The zero-order chi connectivity index (χ0) is 18.6. The third-order valence-electron chi connectivity index (χ3n) is 4.29. The van der Waals surface area contributed by atoms with Gasteiger partial charge in [0.1, 0.15) is 18.2 Å². The van der Waals surface area contributed by atoms with Crippen LogP contribution in [0.2, 0.25) is 0 Å². The van der Waals surface area contributed by atoms with Gasteiger partial charge in [-0.1, -0.05) is 18.2 Å². The summed E-state index contributed by atoms with van der Waals surface area (Å²) < 4.78 is 5.82. The first-order chi connectivity index (χ1) is 13.2. The highest BCUT2D eigenvalue weighted by molar-refractivity contribution is 5.87. The minimum Gasteiger partial charge on any atom is -0.492 e. The third-order valence-corrected chi connectivity index (χ3v) is 4.29. The Balaban J connectivity index is 1.46. The van der Waals surface area contributed by atoms with Crippen LogP contribution in [0, 0.1) is 6.92 Å². The number of rotatable bonds is 5. The molecule has 0 radical (unpaired) electrons. The molecule has 0 saturated carbocycles. The van der Waals surface area contributed by atoms with Crippen LogP contribution in [0.25, 0.3) is 22.2 Å². The highest BCUT2D eigenvalue weighted by Crippen LogP contribution is 2.25. The number of ether oxygens (including phenoxy) is 1. The molecule has 0 atom stereocenters. The zero-order valence-electron chi connectivity index (χ0n) is 15.1. The van der Waals surface area contributed by atoms with E-state index in [1.165, 1.54) is 6.07 Å². The van der Waals surface area contributed by atoms with E-state index in [2.05, 4.69) is 25.6 Å². The summed E-state index contributed by atoms with van der Waals surface area (Å²) in [6, 6.07) is 13.4. The molecule has 27 heavy (non-hydrogen) atoms. The number of aliphatic imine (C=N–C) groups is 1. The minimum atomic E-state index is -0.145. The van der Waals surface area contributed by atoms with Gasteiger partial charge in [0.25, 0.3) is 5.56 Å². The summed E-state index contributed by atoms with van der Waals surface area (Å²) in [7, 11) is 0. The summed E-state index contributed by atoms with van der Waals surface area (Å²) in [4.78, 5) is 23.1. The van der Waals surface area contributed by atoms with Gasteiger partial charge < -0.3 is 20.4 Å². The average Bonchev–Trinajstić information content (AvgIpc) is 3.17. The molecule has 7 heteroatoms. The topological polar surface area (TPSA) is 91.4 Å². The summed E-state index contributed by atoms with van der Waals surface area (Å²) in [6.45, 7) is 4.77. The Morgan fingerprint density at radius 2 is 2.00 bits per heavy atom. The second kappa shape index (κ2) is 7.49. The number of benzene rings is 2. The first-order valence-electron chi connectivity index (χ1n) is 8.94. The van der Waals surface area contributed by atoms with Gasteiger partial charge in [0.05, 0.1) is 13.1 Å². The smallest absolute Gasteiger partial charge is 0.251 e. The normalized spacial score (nSPS) is 13.3. The highest BCUT2D eigenvalue weighted by Gasteiger charge is 2.06. The molecule has 138 valence electrons. The Morgan fingerprint density at radius 1 is 1.15 bits per heavy atom. The zero-order valence-corrected chi connectivity index (χ0v) is 15.1. The van der Waals surface area contributed by atoms with Crippen molar-refractivity contribution in [1.29, 1.82) is 0 Å². The van der Waals surface area contributed by atoms with Crippen LogP contribution < -0.4 is 20.9 Å². The van der Waals surface area contributed by atoms with Gasteiger partial charge in [-0.05, 0) is 35.9 Å². The maximum absolute atomic E-state index is 11.7. The van der Waals surface area contributed by atoms with E-state index in [4.69, 9.17) is 4.74 Å². The molecule has 0 spiro atoms. The van der Waals surface area contributed by atoms with Gasteiger partial charge in [-0.25, -0.2) is 4.98 Å². The molecule has 0 unspecified atom stereocenters. The quantitative estimate of drug-likeness (QED) is 0.602. The van der Waals surface area contributed by atoms with Crippen LogP contribution in [0.5, 0.6) is 5.75 Å². The largest absolute Gasteiger partial charge is 0.492 e. The number of hydrogen-bond acceptors (Lipinski definition) is 6. The number of nitrogens with one attached hydrogen (secondary N) is 3. The third kappa shape index (κ3) is 4.08. The molecule has 7 nitrogen and oxygen atoms in total. The second-order valence-corrected chi connectivity index (χ2v) is 6.39. The molecule has 0 aliphatic carbocycles. The molecule has 3 N–H and O–H groups in total. The molecule has 2 aromatic carbocycles. The number of guanidine groups is 1. The van der Waals surface area contributed by atoms with Gasteiger partial charge >= 0.3 is 0 Å². The Labute approximate surface area is 156 Å². The number of aromatic amines is 1. The summed E-state index contributed by atoms with van der Waals surface area (Å²) in [5.41, 5.74) is 1.43. The van der Waals surface area contributed by atoms with E-state index < -0.39 is 0 Å². The van der Waals surface area contributed by atoms with Crippen LogP contribution in [0.1, 0.15) is 5.69 Å². The van der Waals surface area contributed by atoms with Crippen LogP contribution in [0.4, 0.5) is 0 Å². The molecule has 1 aliphatic heterocycles. The Morgan fingerprint density at radius 3 is 2.81 bits per heavy atom. The molecule has 2 heterocycles. The summed E-state index contributed by atoms with van der Waals surface area (Å²) in [5.74, 6) is 2.24. The number of aryl methyl sites for hydroxylation is 1. The number of H-pyrrole nitrogens is 1. The van der Waals surface area contributed by atoms with Crippen molar-refractivity contribution in [3.63, 3.8) is 0 Å². The van der Waals surface area contributed by atoms with Gasteiger partial charge in [0.15, 0.2) is 5.96 Å². The van der Waals surface area contributed by atoms with Gasteiger partial charge in [-0.15, -0.1) is 0 Å². The number of aromatic nitrogens is 2. The molecule has 0 amide bonds. The van der Waals surface area contributed by atoms with E-state index in [0.29, 0.717) is 24.7 Å². The predicted molar refractivity (Wildman–Crippen MR) is 106 cm³/mol. The molecule has 1 aliphatic rings. The predicted octanol–water partition coefficient (Wildman–Crippen LogP) is 1.83. The molecular formula is C20H21N5O2. The standard InChI is InChI=1S/C20H21N5O2/c1-13-10-18(26)25-19(24-13)16-3-2-15-12-17(5-4-14(15)11-16)27-9-8-23-20-21-6-7-22-20/h2-5,10-12H,6-9H2,1H3,(H2,21,22,23)(H,24,25,26). The summed E-state index contributed by atoms with van der Waals surface area (Å²) in [6.07, 6.45) is 0. The van der Waals surface area contributed by atoms with Crippen LogP contribution >= 0.6 is 0 Å². The van der Waals surface area contributed by atoms with E-state index in [1.54, 1.807) is 0 Å². The van der Waals surface area contributed by atoms with E-state index in [9.17, 15) is 4.79 Å². The summed E-state index contributed by atoms with van der Waals surface area (Å²) >= 11 is 0. The second-order valence-electron chi connectivity index (χ2n) is 6.39. The molecule has 0 fully saturated rings. The van der Waals surface area contributed by atoms with Gasteiger partial charge in [0.2, 0.25) is 0 Å². The Hall–Kier alpha value is -3.35. The van der Waals surface area contributed by atoms with E-state index in [0.717, 1.165) is 41.1 Å². The monoisotopic (exact) mass is 363 g/mol. The van der Waals surface area contributed by atoms with Gasteiger partial charge in [-0.2, -0.15) is 0 Å². The van der Waals surface area contributed by atoms with E-state index in [1.807, 2.05) is 43.3 Å². The molecule has 4 rings (SSSR count). The van der Waals surface area contributed by atoms with Gasteiger partial charge in [-0.3, -0.25) is 9.79 Å². The Bertz CT molecular complexity index is 1060. The minimum absolute atomic E-state index is 0.145. The average molecular weight is 363 g/mol. The van der Waals surface area contributed by atoms with Crippen molar-refractivity contribution in [3.05, 3.63) is 58.5 Å². The van der Waals surface area contributed by atoms with E-state index >= 15 is 0 Å². The van der Waals surface area contributed by atoms with Crippen LogP contribution in [-0.2, 0) is 0 Å². The lowest BCUT2D eigenvalue weighted by atomic mass is 10.1. The van der Waals surface area contributed by atoms with Crippen molar-refractivity contribution >= 4 is 16.7 Å². The lowest BCUT2D eigenvalue weighted by Gasteiger charge is -2.10. The van der Waals surface area contributed by atoms with Crippen LogP contribution in [-0.4, -0.2) is 42.2 Å². The first-order valence-corrected chi connectivity index (χ1v) is 8.94. The lowest BCUT2D eigenvalue weighted by molar-refractivity contribution is 0.322. The SMILES string of the molecule is Cc1cc(=O)[nH]c(-c2ccc3cc(OCCNC4=NCCN4)ccc3c2)n1. The molecule has 1 aromatic heterocycles. The summed E-state index contributed by atoms with van der Waals surface area (Å²) in [5, 5.41) is 8.49. The first kappa shape index (κ1) is 17.1. The maximum Gasteiger partial charge on any atom is 0.251 e. The fourth-order valence-corrected chi connectivity index (χ4v) is 3.03.